The minimum Gasteiger partial charge on any atom is -0.457 e. The standard InChI is InChI=1S/C51H42N4O/c52-29-13-22-43-32-42-28-27-41(33-46(42)51(43)44-23-7-9-25-47(44)56-48-26-10-8-24-45(48)51)40-21-12-20-39(31-40)38-19-11-14-35(30-38)34-54-50(37-17-5-2-6-18-37)55-49(53)36-15-3-1-4-16-36/h1-28,30-34,49-50,55H,29,52-53H2/b22-13-,54-34+. The van der Waals surface area contributed by atoms with Gasteiger partial charge in [0.2, 0.25) is 0 Å². The van der Waals surface area contributed by atoms with E-state index in [2.05, 4.69) is 133 Å². The van der Waals surface area contributed by atoms with Crippen molar-refractivity contribution >= 4 is 12.3 Å². The Morgan fingerprint density at radius 3 is 1.86 bits per heavy atom. The molecule has 0 radical (unpaired) electrons. The molecule has 5 heteroatoms. The number of nitrogens with zero attached hydrogens (tertiary/aromatic N) is 1. The van der Waals surface area contributed by atoms with Gasteiger partial charge in [-0.1, -0.05) is 158 Å². The maximum atomic E-state index is 6.60. The van der Waals surface area contributed by atoms with Crippen molar-refractivity contribution in [2.45, 2.75) is 17.7 Å². The molecule has 0 amide bonds. The van der Waals surface area contributed by atoms with Crippen LogP contribution in [0.1, 0.15) is 51.3 Å². The topological polar surface area (TPSA) is 85.7 Å². The lowest BCUT2D eigenvalue weighted by atomic mass is 9.65. The van der Waals surface area contributed by atoms with Crippen molar-refractivity contribution in [3.63, 3.8) is 0 Å². The lowest BCUT2D eigenvalue weighted by Gasteiger charge is -2.40. The summed E-state index contributed by atoms with van der Waals surface area (Å²) in [6.45, 7) is 0.460. The van der Waals surface area contributed by atoms with Crippen LogP contribution in [-0.2, 0) is 5.41 Å². The first-order valence-corrected chi connectivity index (χ1v) is 19.1. The van der Waals surface area contributed by atoms with Crippen molar-refractivity contribution in [2.24, 2.45) is 16.5 Å². The number of hydrogen-bond acceptors (Lipinski definition) is 5. The Balaban J connectivity index is 1.06. The van der Waals surface area contributed by atoms with Crippen LogP contribution in [0.5, 0.6) is 11.5 Å². The van der Waals surface area contributed by atoms with E-state index in [0.717, 1.165) is 61.6 Å². The SMILES string of the molecule is NC/C=C\C1=Cc2ccc(-c3cccc(-c4cccc(/C=N/C(NC(N)c5ccccc5)c5ccccc5)c4)c3)cc2C12c1ccccc1Oc1ccccc12. The molecule has 0 saturated carbocycles. The fraction of sp³-hybridized carbons (Fsp3) is 0.0784. The highest BCUT2D eigenvalue weighted by Gasteiger charge is 2.49. The maximum absolute atomic E-state index is 6.60. The molecule has 7 aromatic rings. The van der Waals surface area contributed by atoms with Gasteiger partial charge in [-0.05, 0) is 92.1 Å². The Labute approximate surface area is 328 Å². The van der Waals surface area contributed by atoms with Gasteiger partial charge in [0.05, 0.1) is 11.6 Å². The first-order valence-electron chi connectivity index (χ1n) is 19.1. The number of rotatable bonds is 10. The Bertz CT molecular complexity index is 2560. The number of aliphatic imine (C=N–C) groups is 1. The van der Waals surface area contributed by atoms with Crippen LogP contribution in [0, 0.1) is 0 Å². The van der Waals surface area contributed by atoms with E-state index in [4.69, 9.17) is 21.2 Å². The van der Waals surface area contributed by atoms with Crippen LogP contribution in [0.4, 0.5) is 0 Å². The predicted octanol–water partition coefficient (Wildman–Crippen LogP) is 10.7. The molecular formula is C51H42N4O. The lowest BCUT2D eigenvalue weighted by Crippen LogP contribution is -2.32. The van der Waals surface area contributed by atoms with Gasteiger partial charge in [-0.25, -0.2) is 0 Å². The molecule has 5 N–H and O–H groups in total. The molecular weight excluding hydrogens is 685 g/mol. The average Bonchev–Trinajstić information content (AvgIpc) is 3.58. The first-order chi connectivity index (χ1) is 27.6. The molecule has 2 atom stereocenters. The smallest absolute Gasteiger partial charge is 0.132 e. The van der Waals surface area contributed by atoms with Crippen molar-refractivity contribution in [3.05, 3.63) is 233 Å². The van der Waals surface area contributed by atoms with Gasteiger partial charge in [0.15, 0.2) is 0 Å². The lowest BCUT2D eigenvalue weighted by molar-refractivity contribution is 0.436. The summed E-state index contributed by atoms with van der Waals surface area (Å²) in [6.07, 6.45) is 7.77. The van der Waals surface area contributed by atoms with E-state index in [0.29, 0.717) is 6.54 Å². The molecule has 1 spiro atoms. The van der Waals surface area contributed by atoms with Gasteiger partial charge in [-0.2, -0.15) is 0 Å². The zero-order chi connectivity index (χ0) is 37.9. The highest BCUT2D eigenvalue weighted by Crippen LogP contribution is 2.59. The van der Waals surface area contributed by atoms with E-state index in [9.17, 15) is 0 Å². The number of nitrogens with one attached hydrogen (secondary N) is 1. The van der Waals surface area contributed by atoms with Crippen molar-refractivity contribution in [2.75, 3.05) is 6.54 Å². The molecule has 0 fully saturated rings. The number of benzene rings is 7. The van der Waals surface area contributed by atoms with Crippen molar-refractivity contribution < 1.29 is 4.74 Å². The number of hydrogen-bond donors (Lipinski definition) is 3. The van der Waals surface area contributed by atoms with Crippen molar-refractivity contribution in [1.29, 1.82) is 0 Å². The van der Waals surface area contributed by atoms with Crippen LogP contribution in [0.25, 0.3) is 28.3 Å². The molecule has 2 aliphatic rings. The Kier molecular flexibility index (Phi) is 9.56. The molecule has 7 aromatic carbocycles. The highest BCUT2D eigenvalue weighted by atomic mass is 16.5. The zero-order valence-corrected chi connectivity index (χ0v) is 30.9. The normalized spacial score (nSPS) is 14.9. The van der Waals surface area contributed by atoms with Crippen molar-refractivity contribution in [1.82, 2.24) is 5.32 Å². The Hall–Kier alpha value is -6.63. The summed E-state index contributed by atoms with van der Waals surface area (Å²) in [4.78, 5) is 5.02. The molecule has 1 aliphatic carbocycles. The second-order valence-electron chi connectivity index (χ2n) is 14.2. The molecule has 0 bridgehead atoms. The van der Waals surface area contributed by atoms with Gasteiger partial charge in [-0.15, -0.1) is 0 Å². The molecule has 0 saturated heterocycles. The van der Waals surface area contributed by atoms with Crippen LogP contribution >= 0.6 is 0 Å². The number of fused-ring (bicyclic) bond motifs is 6. The largest absolute Gasteiger partial charge is 0.457 e. The third kappa shape index (κ3) is 6.48. The van der Waals surface area contributed by atoms with Gasteiger partial charge in [-0.3, -0.25) is 10.3 Å². The number of nitrogens with two attached hydrogens (primary N) is 2. The highest BCUT2D eigenvalue weighted by molar-refractivity contribution is 5.86. The summed E-state index contributed by atoms with van der Waals surface area (Å²) in [7, 11) is 0. The third-order valence-corrected chi connectivity index (χ3v) is 10.8. The van der Waals surface area contributed by atoms with Crippen LogP contribution in [-0.4, -0.2) is 12.8 Å². The molecule has 1 heterocycles. The summed E-state index contributed by atoms with van der Waals surface area (Å²) in [5.41, 5.74) is 25.5. The summed E-state index contributed by atoms with van der Waals surface area (Å²) >= 11 is 0. The van der Waals surface area contributed by atoms with E-state index >= 15 is 0 Å². The minimum absolute atomic E-state index is 0.322. The van der Waals surface area contributed by atoms with Gasteiger partial charge in [0, 0.05) is 23.9 Å². The van der Waals surface area contributed by atoms with Gasteiger partial charge in [0.1, 0.15) is 17.7 Å². The molecule has 2 unspecified atom stereocenters. The van der Waals surface area contributed by atoms with E-state index in [1.807, 2.05) is 73.0 Å². The fourth-order valence-corrected chi connectivity index (χ4v) is 8.21. The third-order valence-electron chi connectivity index (χ3n) is 10.8. The van der Waals surface area contributed by atoms with E-state index in [-0.39, 0.29) is 12.3 Å². The van der Waals surface area contributed by atoms with Crippen LogP contribution in [0.15, 0.2) is 199 Å². The molecule has 1 aliphatic heterocycles. The van der Waals surface area contributed by atoms with Gasteiger partial charge < -0.3 is 16.2 Å². The van der Waals surface area contributed by atoms with E-state index < -0.39 is 5.41 Å². The monoisotopic (exact) mass is 726 g/mol. The second-order valence-corrected chi connectivity index (χ2v) is 14.2. The Morgan fingerprint density at radius 1 is 0.589 bits per heavy atom. The summed E-state index contributed by atoms with van der Waals surface area (Å²) in [5, 5.41) is 3.51. The quantitative estimate of drug-likeness (QED) is 0.0968. The molecule has 9 rings (SSSR count). The molecule has 5 nitrogen and oxygen atoms in total. The van der Waals surface area contributed by atoms with Gasteiger partial charge >= 0.3 is 0 Å². The minimum atomic E-state index is -0.550. The molecule has 272 valence electrons. The zero-order valence-electron chi connectivity index (χ0n) is 30.9. The summed E-state index contributed by atoms with van der Waals surface area (Å²) in [5.74, 6) is 1.73. The molecule has 56 heavy (non-hydrogen) atoms. The average molecular weight is 727 g/mol. The number of para-hydroxylation sites is 2. The summed E-state index contributed by atoms with van der Waals surface area (Å²) in [6, 6.07) is 61.2. The maximum Gasteiger partial charge on any atom is 0.132 e. The molecule has 0 aromatic heterocycles. The number of allylic oxidation sites excluding steroid dienone is 2. The van der Waals surface area contributed by atoms with Gasteiger partial charge in [0.25, 0.3) is 0 Å². The van der Waals surface area contributed by atoms with Crippen LogP contribution < -0.4 is 21.5 Å². The van der Waals surface area contributed by atoms with Crippen LogP contribution in [0.3, 0.4) is 0 Å². The fourth-order valence-electron chi connectivity index (χ4n) is 8.21. The number of ether oxygens (including phenoxy) is 1. The first kappa shape index (κ1) is 35.1. The summed E-state index contributed by atoms with van der Waals surface area (Å²) < 4.78 is 6.51. The van der Waals surface area contributed by atoms with E-state index in [1.54, 1.807) is 0 Å². The predicted molar refractivity (Wildman–Crippen MR) is 230 cm³/mol. The van der Waals surface area contributed by atoms with E-state index in [1.165, 1.54) is 16.7 Å². The Morgan fingerprint density at radius 2 is 1.18 bits per heavy atom. The second kappa shape index (κ2) is 15.2. The van der Waals surface area contributed by atoms with Crippen molar-refractivity contribution in [3.8, 4) is 33.8 Å². The van der Waals surface area contributed by atoms with Crippen LogP contribution in [0.2, 0.25) is 0 Å².